The standard InChI is InChI=1S/C17H15NO3/c1-12-7-8-13(2)16(9-12)20-11-17(19)21-15-6-4-3-5-14(15)10-18/h3-9H,11H2,1-2H3. The van der Waals surface area contributed by atoms with Crippen LogP contribution in [0.3, 0.4) is 0 Å². The van der Waals surface area contributed by atoms with E-state index >= 15 is 0 Å². The molecule has 0 saturated carbocycles. The normalized spacial score (nSPS) is 9.76. The van der Waals surface area contributed by atoms with Gasteiger partial charge in [0.2, 0.25) is 0 Å². The highest BCUT2D eigenvalue weighted by Gasteiger charge is 2.10. The third-order valence-electron chi connectivity index (χ3n) is 2.92. The number of carbonyl (C=O) groups excluding carboxylic acids is 1. The van der Waals surface area contributed by atoms with Crippen molar-refractivity contribution in [3.8, 4) is 17.6 Å². The molecule has 0 fully saturated rings. The lowest BCUT2D eigenvalue weighted by Gasteiger charge is -2.10. The van der Waals surface area contributed by atoms with Crippen LogP contribution in [0.2, 0.25) is 0 Å². The first-order chi connectivity index (χ1) is 10.1. The molecule has 0 unspecified atom stereocenters. The Morgan fingerprint density at radius 2 is 1.90 bits per heavy atom. The maximum absolute atomic E-state index is 11.8. The lowest BCUT2D eigenvalue weighted by atomic mass is 10.1. The summed E-state index contributed by atoms with van der Waals surface area (Å²) in [6.45, 7) is 3.66. The number of aryl methyl sites for hydroxylation is 2. The van der Waals surface area contributed by atoms with E-state index in [1.54, 1.807) is 24.3 Å². The van der Waals surface area contributed by atoms with E-state index in [9.17, 15) is 4.79 Å². The number of nitrogens with zero attached hydrogens (tertiary/aromatic N) is 1. The monoisotopic (exact) mass is 281 g/mol. The van der Waals surface area contributed by atoms with Gasteiger partial charge in [-0.15, -0.1) is 0 Å². The predicted octanol–water partition coefficient (Wildman–Crippen LogP) is 3.16. The van der Waals surface area contributed by atoms with Crippen LogP contribution >= 0.6 is 0 Å². The summed E-state index contributed by atoms with van der Waals surface area (Å²) in [7, 11) is 0. The highest BCUT2D eigenvalue weighted by molar-refractivity contribution is 5.74. The van der Waals surface area contributed by atoms with Gasteiger partial charge in [-0.2, -0.15) is 5.26 Å². The molecule has 0 aromatic heterocycles. The fourth-order valence-corrected chi connectivity index (χ4v) is 1.80. The number of para-hydroxylation sites is 1. The summed E-state index contributed by atoms with van der Waals surface area (Å²) in [5, 5.41) is 8.93. The zero-order chi connectivity index (χ0) is 15.2. The summed E-state index contributed by atoms with van der Waals surface area (Å²) in [5.74, 6) is 0.355. The van der Waals surface area contributed by atoms with Crippen LogP contribution in [0.15, 0.2) is 42.5 Å². The number of esters is 1. The summed E-state index contributed by atoms with van der Waals surface area (Å²) >= 11 is 0. The van der Waals surface area contributed by atoms with Gasteiger partial charge in [-0.25, -0.2) is 4.79 Å². The van der Waals surface area contributed by atoms with Gasteiger partial charge in [0.25, 0.3) is 0 Å². The van der Waals surface area contributed by atoms with Crippen molar-refractivity contribution in [3.63, 3.8) is 0 Å². The Labute approximate surface area is 123 Å². The zero-order valence-electron chi connectivity index (χ0n) is 11.9. The molecule has 0 aliphatic rings. The fourth-order valence-electron chi connectivity index (χ4n) is 1.80. The molecule has 0 bridgehead atoms. The van der Waals surface area contributed by atoms with E-state index in [4.69, 9.17) is 14.7 Å². The molecular formula is C17H15NO3. The van der Waals surface area contributed by atoms with E-state index in [1.807, 2.05) is 38.1 Å². The molecule has 0 N–H and O–H groups in total. The Balaban J connectivity index is 2.00. The molecule has 4 nitrogen and oxygen atoms in total. The van der Waals surface area contributed by atoms with Crippen LogP contribution < -0.4 is 9.47 Å². The van der Waals surface area contributed by atoms with Crippen LogP contribution in [0.4, 0.5) is 0 Å². The second-order valence-corrected chi connectivity index (χ2v) is 4.64. The van der Waals surface area contributed by atoms with Crippen molar-refractivity contribution in [1.82, 2.24) is 0 Å². The predicted molar refractivity (Wildman–Crippen MR) is 78.2 cm³/mol. The molecule has 2 aromatic rings. The first kappa shape index (κ1) is 14.6. The molecule has 2 rings (SSSR count). The average Bonchev–Trinajstić information content (AvgIpc) is 2.49. The minimum atomic E-state index is -0.543. The molecule has 0 saturated heterocycles. The van der Waals surface area contributed by atoms with Crippen molar-refractivity contribution in [2.75, 3.05) is 6.61 Å². The number of ether oxygens (including phenoxy) is 2. The van der Waals surface area contributed by atoms with E-state index in [1.165, 1.54) is 0 Å². The largest absolute Gasteiger partial charge is 0.482 e. The molecule has 106 valence electrons. The van der Waals surface area contributed by atoms with Gasteiger partial charge >= 0.3 is 5.97 Å². The Morgan fingerprint density at radius 1 is 1.14 bits per heavy atom. The molecule has 2 aromatic carbocycles. The molecule has 0 atom stereocenters. The number of carbonyl (C=O) groups is 1. The Kier molecular flexibility index (Phi) is 4.57. The molecule has 0 aliphatic carbocycles. The van der Waals surface area contributed by atoms with E-state index < -0.39 is 5.97 Å². The maximum Gasteiger partial charge on any atom is 0.349 e. The van der Waals surface area contributed by atoms with E-state index in [0.717, 1.165) is 11.1 Å². The van der Waals surface area contributed by atoms with Crippen molar-refractivity contribution in [2.24, 2.45) is 0 Å². The second kappa shape index (κ2) is 6.58. The van der Waals surface area contributed by atoms with Crippen LogP contribution in [0.5, 0.6) is 11.5 Å². The number of benzene rings is 2. The lowest BCUT2D eigenvalue weighted by Crippen LogP contribution is -2.18. The summed E-state index contributed by atoms with van der Waals surface area (Å²) in [5.41, 5.74) is 2.32. The highest BCUT2D eigenvalue weighted by atomic mass is 16.6. The minimum Gasteiger partial charge on any atom is -0.482 e. The first-order valence-electron chi connectivity index (χ1n) is 6.50. The van der Waals surface area contributed by atoms with Crippen molar-refractivity contribution < 1.29 is 14.3 Å². The molecule has 0 radical (unpaired) electrons. The van der Waals surface area contributed by atoms with Crippen LogP contribution in [-0.2, 0) is 4.79 Å². The third-order valence-corrected chi connectivity index (χ3v) is 2.92. The smallest absolute Gasteiger partial charge is 0.349 e. The summed E-state index contributed by atoms with van der Waals surface area (Å²) < 4.78 is 10.6. The Bertz CT molecular complexity index is 701. The number of hydrogen-bond donors (Lipinski definition) is 0. The topological polar surface area (TPSA) is 59.3 Å². The SMILES string of the molecule is Cc1ccc(C)c(OCC(=O)Oc2ccccc2C#N)c1. The maximum atomic E-state index is 11.8. The summed E-state index contributed by atoms with van der Waals surface area (Å²) in [6, 6.07) is 14.3. The second-order valence-electron chi connectivity index (χ2n) is 4.64. The van der Waals surface area contributed by atoms with E-state index in [-0.39, 0.29) is 12.4 Å². The molecule has 0 heterocycles. The van der Waals surface area contributed by atoms with Crippen molar-refractivity contribution in [2.45, 2.75) is 13.8 Å². The van der Waals surface area contributed by atoms with Crippen LogP contribution in [0, 0.1) is 25.2 Å². The molecule has 0 amide bonds. The van der Waals surface area contributed by atoms with Gasteiger partial charge in [-0.05, 0) is 43.2 Å². The van der Waals surface area contributed by atoms with Gasteiger partial charge in [-0.3, -0.25) is 0 Å². The fraction of sp³-hybridized carbons (Fsp3) is 0.176. The Morgan fingerprint density at radius 3 is 2.67 bits per heavy atom. The first-order valence-corrected chi connectivity index (χ1v) is 6.50. The van der Waals surface area contributed by atoms with Gasteiger partial charge in [0.05, 0.1) is 5.56 Å². The number of nitriles is 1. The van der Waals surface area contributed by atoms with E-state index in [0.29, 0.717) is 11.3 Å². The van der Waals surface area contributed by atoms with E-state index in [2.05, 4.69) is 0 Å². The van der Waals surface area contributed by atoms with Crippen LogP contribution in [0.1, 0.15) is 16.7 Å². The highest BCUT2D eigenvalue weighted by Crippen LogP contribution is 2.20. The quantitative estimate of drug-likeness (QED) is 0.638. The molecular weight excluding hydrogens is 266 g/mol. The zero-order valence-corrected chi connectivity index (χ0v) is 11.9. The minimum absolute atomic E-state index is 0.204. The third kappa shape index (κ3) is 3.83. The van der Waals surface area contributed by atoms with Crippen LogP contribution in [-0.4, -0.2) is 12.6 Å². The molecule has 0 aliphatic heterocycles. The number of rotatable bonds is 4. The molecule has 4 heteroatoms. The van der Waals surface area contributed by atoms with Crippen molar-refractivity contribution in [3.05, 3.63) is 59.2 Å². The average molecular weight is 281 g/mol. The lowest BCUT2D eigenvalue weighted by molar-refractivity contribution is -0.136. The summed E-state index contributed by atoms with van der Waals surface area (Å²) in [4.78, 5) is 11.8. The van der Waals surface area contributed by atoms with Gasteiger partial charge in [0.1, 0.15) is 17.6 Å². The summed E-state index contributed by atoms with van der Waals surface area (Å²) in [6.07, 6.45) is 0. The van der Waals surface area contributed by atoms with Gasteiger partial charge in [0.15, 0.2) is 6.61 Å². The van der Waals surface area contributed by atoms with Crippen molar-refractivity contribution in [1.29, 1.82) is 5.26 Å². The van der Waals surface area contributed by atoms with Gasteiger partial charge in [-0.1, -0.05) is 24.3 Å². The van der Waals surface area contributed by atoms with Gasteiger partial charge in [0, 0.05) is 0 Å². The Hall–Kier alpha value is -2.80. The molecule has 21 heavy (non-hydrogen) atoms. The van der Waals surface area contributed by atoms with Gasteiger partial charge < -0.3 is 9.47 Å². The van der Waals surface area contributed by atoms with Crippen LogP contribution in [0.25, 0.3) is 0 Å². The van der Waals surface area contributed by atoms with Crippen molar-refractivity contribution >= 4 is 5.97 Å². The number of hydrogen-bond acceptors (Lipinski definition) is 4. The molecule has 0 spiro atoms.